The highest BCUT2D eigenvalue weighted by Crippen LogP contribution is 2.32. The van der Waals surface area contributed by atoms with Crippen LogP contribution in [0.2, 0.25) is 0 Å². The number of alkyl halides is 1. The number of hydrogen-bond donors (Lipinski definition) is 2. The number of pyridine rings is 1. The summed E-state index contributed by atoms with van der Waals surface area (Å²) in [5.41, 5.74) is 2.63. The van der Waals surface area contributed by atoms with Gasteiger partial charge in [-0.3, -0.25) is 9.78 Å². The molecule has 1 heterocycles. The topological polar surface area (TPSA) is 102 Å². The van der Waals surface area contributed by atoms with Crippen LogP contribution in [-0.2, 0) is 26.9 Å². The summed E-state index contributed by atoms with van der Waals surface area (Å²) in [5, 5.41) is 8.17. The summed E-state index contributed by atoms with van der Waals surface area (Å²) in [6, 6.07) is 11.8. The zero-order valence-electron chi connectivity index (χ0n) is 18.4. The van der Waals surface area contributed by atoms with E-state index in [4.69, 9.17) is 5.14 Å². The number of nitrogens with zero attached hydrogens (tertiary/aromatic N) is 1. The van der Waals surface area contributed by atoms with E-state index in [1.54, 1.807) is 6.07 Å². The highest BCUT2D eigenvalue weighted by atomic mass is 32.2. The molecule has 0 bridgehead atoms. The number of halogens is 1. The Hall–Kier alpha value is -3.10. The third-order valence-electron chi connectivity index (χ3n) is 5.16. The number of benzene rings is 2. The summed E-state index contributed by atoms with van der Waals surface area (Å²) in [6.45, 7) is 6.70. The van der Waals surface area contributed by atoms with E-state index in [2.05, 4.69) is 10.3 Å². The highest BCUT2D eigenvalue weighted by molar-refractivity contribution is 7.89. The summed E-state index contributed by atoms with van der Waals surface area (Å²) < 4.78 is 38.9. The van der Waals surface area contributed by atoms with Gasteiger partial charge in [0.2, 0.25) is 15.9 Å². The van der Waals surface area contributed by atoms with Gasteiger partial charge in [0, 0.05) is 34.8 Å². The van der Waals surface area contributed by atoms with Crippen molar-refractivity contribution in [2.24, 2.45) is 5.14 Å². The lowest BCUT2D eigenvalue weighted by atomic mass is 9.98. The van der Waals surface area contributed by atoms with Crippen molar-refractivity contribution in [1.82, 2.24) is 4.98 Å². The van der Waals surface area contributed by atoms with Crippen LogP contribution in [0.15, 0.2) is 59.8 Å². The number of aromatic nitrogens is 1. The Labute approximate surface area is 187 Å². The Morgan fingerprint density at radius 3 is 2.44 bits per heavy atom. The van der Waals surface area contributed by atoms with E-state index in [-0.39, 0.29) is 22.8 Å². The molecule has 1 amide bonds. The Morgan fingerprint density at radius 1 is 1.09 bits per heavy atom. The predicted molar refractivity (Wildman–Crippen MR) is 123 cm³/mol. The molecule has 0 spiro atoms. The summed E-state index contributed by atoms with van der Waals surface area (Å²) in [5.74, 6) is -0.284. The number of sulfonamides is 1. The average Bonchev–Trinajstić information content (AvgIpc) is 2.69. The van der Waals surface area contributed by atoms with Gasteiger partial charge in [-0.25, -0.2) is 17.9 Å². The quantitative estimate of drug-likeness (QED) is 0.575. The van der Waals surface area contributed by atoms with Crippen molar-refractivity contribution < 1.29 is 17.6 Å². The largest absolute Gasteiger partial charge is 0.326 e. The SMILES string of the molecule is Cc1ccc(CC(=O)Nc2ccc(-c3cncc(C(C)(C)F)c3)c(S(N)(=O)=O)c2)c(C)c1. The Balaban J connectivity index is 1.93. The molecule has 32 heavy (non-hydrogen) atoms. The molecule has 0 atom stereocenters. The van der Waals surface area contributed by atoms with Crippen molar-refractivity contribution in [2.75, 3.05) is 5.32 Å². The molecule has 6 nitrogen and oxygen atoms in total. The van der Waals surface area contributed by atoms with Crippen LogP contribution in [-0.4, -0.2) is 19.3 Å². The van der Waals surface area contributed by atoms with E-state index in [1.807, 2.05) is 32.0 Å². The van der Waals surface area contributed by atoms with Crippen molar-refractivity contribution in [3.05, 3.63) is 77.1 Å². The number of rotatable bonds is 6. The number of carbonyl (C=O) groups excluding carboxylic acids is 1. The van der Waals surface area contributed by atoms with Crippen LogP contribution in [0.3, 0.4) is 0 Å². The van der Waals surface area contributed by atoms with Crippen LogP contribution >= 0.6 is 0 Å². The number of nitrogens with two attached hydrogens (primary N) is 1. The van der Waals surface area contributed by atoms with Crippen LogP contribution in [0.1, 0.15) is 36.1 Å². The minimum absolute atomic E-state index is 0.149. The fraction of sp³-hybridized carbons (Fsp3) is 0.250. The second-order valence-corrected chi connectivity index (χ2v) is 9.88. The van der Waals surface area contributed by atoms with Crippen LogP contribution in [0.4, 0.5) is 10.1 Å². The van der Waals surface area contributed by atoms with Crippen molar-refractivity contribution in [3.63, 3.8) is 0 Å². The molecule has 0 aliphatic heterocycles. The summed E-state index contributed by atoms with van der Waals surface area (Å²) in [7, 11) is -4.13. The molecule has 0 aliphatic carbocycles. The van der Waals surface area contributed by atoms with Crippen LogP contribution < -0.4 is 10.5 Å². The molecule has 0 fully saturated rings. The molecule has 0 aliphatic rings. The van der Waals surface area contributed by atoms with Gasteiger partial charge in [-0.05, 0) is 57.0 Å². The fourth-order valence-electron chi connectivity index (χ4n) is 3.41. The fourth-order valence-corrected chi connectivity index (χ4v) is 4.19. The normalized spacial score (nSPS) is 11.9. The number of aryl methyl sites for hydroxylation is 2. The van der Waals surface area contributed by atoms with Gasteiger partial charge < -0.3 is 5.32 Å². The molecule has 3 rings (SSSR count). The minimum Gasteiger partial charge on any atom is -0.326 e. The standard InChI is InChI=1S/C24H26FN3O3S/c1-15-5-6-17(16(2)9-15)11-23(29)28-20-7-8-21(22(12-20)32(26,30)31)18-10-19(14-27-13-18)24(3,4)25/h5-10,12-14H,11H2,1-4H3,(H,28,29)(H2,26,30,31). The number of anilines is 1. The monoisotopic (exact) mass is 455 g/mol. The van der Waals surface area contributed by atoms with Gasteiger partial charge in [0.15, 0.2) is 0 Å². The Kier molecular flexibility index (Phi) is 6.48. The van der Waals surface area contributed by atoms with E-state index in [9.17, 15) is 17.6 Å². The molecule has 2 aromatic carbocycles. The molecule has 0 saturated carbocycles. The number of primary sulfonamides is 1. The van der Waals surface area contributed by atoms with Gasteiger partial charge in [-0.2, -0.15) is 0 Å². The molecule has 1 aromatic heterocycles. The Bertz CT molecular complexity index is 1280. The van der Waals surface area contributed by atoms with Gasteiger partial charge in [0.05, 0.1) is 11.3 Å². The number of carbonyl (C=O) groups is 1. The smallest absolute Gasteiger partial charge is 0.238 e. The zero-order valence-corrected chi connectivity index (χ0v) is 19.3. The van der Waals surface area contributed by atoms with Crippen molar-refractivity contribution in [1.29, 1.82) is 0 Å². The van der Waals surface area contributed by atoms with Crippen molar-refractivity contribution in [3.8, 4) is 11.1 Å². The lowest BCUT2D eigenvalue weighted by Crippen LogP contribution is -2.17. The van der Waals surface area contributed by atoms with E-state index < -0.39 is 15.7 Å². The first-order valence-electron chi connectivity index (χ1n) is 10.0. The predicted octanol–water partition coefficient (Wildman–Crippen LogP) is 4.40. The van der Waals surface area contributed by atoms with E-state index in [1.165, 1.54) is 44.4 Å². The lowest BCUT2D eigenvalue weighted by molar-refractivity contribution is -0.115. The molecular weight excluding hydrogens is 429 g/mol. The zero-order chi connectivity index (χ0) is 23.7. The number of hydrogen-bond acceptors (Lipinski definition) is 4. The average molecular weight is 456 g/mol. The maximum atomic E-state index is 14.4. The van der Waals surface area contributed by atoms with Gasteiger partial charge >= 0.3 is 0 Å². The Morgan fingerprint density at radius 2 is 1.81 bits per heavy atom. The molecule has 8 heteroatoms. The second kappa shape index (κ2) is 8.80. The van der Waals surface area contributed by atoms with E-state index in [0.717, 1.165) is 16.7 Å². The second-order valence-electron chi connectivity index (χ2n) is 8.35. The summed E-state index contributed by atoms with van der Waals surface area (Å²) in [4.78, 5) is 16.4. The molecule has 0 saturated heterocycles. The minimum atomic E-state index is -4.13. The van der Waals surface area contributed by atoms with Crippen molar-refractivity contribution in [2.45, 2.75) is 44.7 Å². The first-order chi connectivity index (χ1) is 14.8. The lowest BCUT2D eigenvalue weighted by Gasteiger charge is -2.16. The summed E-state index contributed by atoms with van der Waals surface area (Å²) >= 11 is 0. The third kappa shape index (κ3) is 5.57. The molecule has 168 valence electrons. The maximum Gasteiger partial charge on any atom is 0.238 e. The van der Waals surface area contributed by atoms with Crippen LogP contribution in [0.5, 0.6) is 0 Å². The van der Waals surface area contributed by atoms with Gasteiger partial charge in [0.25, 0.3) is 0 Å². The maximum absolute atomic E-state index is 14.4. The number of nitrogens with one attached hydrogen (secondary N) is 1. The number of amides is 1. The molecule has 3 aromatic rings. The molecule has 0 unspecified atom stereocenters. The van der Waals surface area contributed by atoms with Crippen LogP contribution in [0, 0.1) is 13.8 Å². The molecule has 0 radical (unpaired) electrons. The van der Waals surface area contributed by atoms with E-state index >= 15 is 0 Å². The van der Waals surface area contributed by atoms with Crippen molar-refractivity contribution >= 4 is 21.6 Å². The highest BCUT2D eigenvalue weighted by Gasteiger charge is 2.22. The third-order valence-corrected chi connectivity index (χ3v) is 6.11. The van der Waals surface area contributed by atoms with E-state index in [0.29, 0.717) is 16.8 Å². The first kappa shape index (κ1) is 23.6. The van der Waals surface area contributed by atoms with Gasteiger partial charge in [0.1, 0.15) is 5.67 Å². The molecular formula is C24H26FN3O3S. The molecule has 3 N–H and O–H groups in total. The van der Waals surface area contributed by atoms with Gasteiger partial charge in [-0.15, -0.1) is 0 Å². The summed E-state index contributed by atoms with van der Waals surface area (Å²) in [6.07, 6.45) is 2.98. The first-order valence-corrected chi connectivity index (χ1v) is 11.6. The van der Waals surface area contributed by atoms with Gasteiger partial charge in [-0.1, -0.05) is 29.8 Å². The van der Waals surface area contributed by atoms with Crippen LogP contribution in [0.25, 0.3) is 11.1 Å².